The van der Waals surface area contributed by atoms with Gasteiger partial charge in [-0.1, -0.05) is 0 Å². The molecule has 0 heterocycles. The van der Waals surface area contributed by atoms with Crippen LogP contribution in [-0.4, -0.2) is 104 Å². The first-order chi connectivity index (χ1) is 27.4. The summed E-state index contributed by atoms with van der Waals surface area (Å²) in [5.41, 5.74) is -3.89. The molecule has 22 heteroatoms. The Morgan fingerprint density at radius 2 is 0.983 bits per heavy atom. The number of hydrogen-bond donors (Lipinski definition) is 1. The Kier molecular flexibility index (Phi) is 12.8. The largest absolute Gasteiger partial charge is 0.468 e. The van der Waals surface area contributed by atoms with E-state index >= 15 is 0 Å². The lowest BCUT2D eigenvalue weighted by Crippen LogP contribution is -2.63. The summed E-state index contributed by atoms with van der Waals surface area (Å²) in [7, 11) is 1.28. The van der Waals surface area contributed by atoms with E-state index in [1.807, 2.05) is 0 Å². The number of halogens is 10. The van der Waals surface area contributed by atoms with E-state index in [1.54, 1.807) is 0 Å². The van der Waals surface area contributed by atoms with Crippen molar-refractivity contribution in [2.75, 3.05) is 27.4 Å². The van der Waals surface area contributed by atoms with E-state index < -0.39 is 114 Å². The molecule has 0 aromatic carbocycles. The van der Waals surface area contributed by atoms with Crippen molar-refractivity contribution in [3.8, 4) is 0 Å². The fourth-order valence-corrected chi connectivity index (χ4v) is 10.7. The molecule has 0 aromatic heterocycles. The van der Waals surface area contributed by atoms with E-state index in [1.165, 1.54) is 0 Å². The zero-order valence-corrected chi connectivity index (χ0v) is 33.2. The third kappa shape index (κ3) is 9.39. The van der Waals surface area contributed by atoms with E-state index in [-0.39, 0.29) is 62.1 Å². The van der Waals surface area contributed by atoms with Crippen LogP contribution in [0.1, 0.15) is 97.3 Å². The van der Waals surface area contributed by atoms with E-state index in [2.05, 4.69) is 28.4 Å². The van der Waals surface area contributed by atoms with Gasteiger partial charge in [-0.25, -0.2) is 27.2 Å². The molecule has 8 rings (SSSR count). The number of aliphatic hydroxyl groups is 1. The number of ketones is 1. The summed E-state index contributed by atoms with van der Waals surface area (Å²) in [4.78, 5) is 62.4. The van der Waals surface area contributed by atoms with Crippen LogP contribution in [0.5, 0.6) is 0 Å². The molecule has 6 unspecified atom stereocenters. The van der Waals surface area contributed by atoms with E-state index in [0.717, 1.165) is 6.42 Å². The van der Waals surface area contributed by atoms with Crippen molar-refractivity contribution in [1.29, 1.82) is 0 Å². The summed E-state index contributed by atoms with van der Waals surface area (Å²) < 4.78 is 162. The molecule has 0 saturated heterocycles. The second-order valence-corrected chi connectivity index (χ2v) is 17.8. The predicted octanol–water partition coefficient (Wildman–Crippen LogP) is 6.77. The van der Waals surface area contributed by atoms with Crippen molar-refractivity contribution in [2.24, 2.45) is 40.4 Å². The predicted molar refractivity (Wildman–Crippen MR) is 179 cm³/mol. The van der Waals surface area contributed by atoms with Gasteiger partial charge in [0.2, 0.25) is 11.8 Å². The maximum absolute atomic E-state index is 13.9. The first kappa shape index (κ1) is 47.8. The van der Waals surface area contributed by atoms with Crippen LogP contribution in [0.3, 0.4) is 0 Å². The smallest absolute Gasteiger partial charge is 0.464 e. The molecule has 8 saturated carbocycles. The minimum atomic E-state index is -5.57. The summed E-state index contributed by atoms with van der Waals surface area (Å²) in [6.07, 6.45) is -9.86. The number of hydrogen-bond acceptors (Lipinski definition) is 12. The van der Waals surface area contributed by atoms with Gasteiger partial charge in [0.1, 0.15) is 5.78 Å². The Labute approximate surface area is 337 Å². The molecule has 0 amide bonds. The summed E-state index contributed by atoms with van der Waals surface area (Å²) in [6.45, 7) is -1.45. The fourth-order valence-electron chi connectivity index (χ4n) is 10.7. The van der Waals surface area contributed by atoms with Crippen LogP contribution in [0.15, 0.2) is 0 Å². The van der Waals surface area contributed by atoms with Crippen molar-refractivity contribution in [3.05, 3.63) is 0 Å². The number of carbonyl (C=O) groups is 5. The summed E-state index contributed by atoms with van der Waals surface area (Å²) in [5, 5.41) is 10.7. The first-order valence-electron chi connectivity index (χ1n) is 19.4. The highest BCUT2D eigenvalue weighted by atomic mass is 19.4. The molecule has 342 valence electrons. The van der Waals surface area contributed by atoms with Gasteiger partial charge in [-0.05, 0) is 102 Å². The van der Waals surface area contributed by atoms with Crippen LogP contribution in [0.4, 0.5) is 43.9 Å². The lowest BCUT2D eigenvalue weighted by molar-refractivity contribution is -0.360. The molecule has 0 spiro atoms. The van der Waals surface area contributed by atoms with Gasteiger partial charge in [0.05, 0.1) is 43.9 Å². The number of carbonyl (C=O) groups excluding carboxylic acids is 5. The number of alkyl halides is 10. The molecule has 8 aliphatic rings. The zero-order chi connectivity index (χ0) is 45.1. The third-order valence-corrected chi connectivity index (χ3v) is 12.7. The summed E-state index contributed by atoms with van der Waals surface area (Å²) in [6, 6.07) is 0. The van der Waals surface area contributed by atoms with Crippen molar-refractivity contribution in [3.63, 3.8) is 0 Å². The second-order valence-electron chi connectivity index (χ2n) is 17.8. The van der Waals surface area contributed by atoms with Gasteiger partial charge < -0.3 is 33.5 Å². The Bertz CT molecular complexity index is 1640. The minimum Gasteiger partial charge on any atom is -0.464 e. The SMILES string of the molecule is COC(=O)C(OCCC(C)(F)F)(OC(=O)C12CC3CC(C1)C(=O)C(C3)C2)C(F)(F)F.COC(=O)C(OCCC(C)(F)F)(OC(=O)C12CC3CC(CC(O)(C3)C1)C2)C(F)(F)F. The molecule has 8 fully saturated rings. The molecule has 0 aromatic rings. The average molecular weight is 887 g/mol. The quantitative estimate of drug-likeness (QED) is 0.0845. The average Bonchev–Trinajstić information content (AvgIpc) is 3.09. The van der Waals surface area contributed by atoms with E-state index in [0.29, 0.717) is 53.8 Å². The highest BCUT2D eigenvalue weighted by molar-refractivity contribution is 5.91. The van der Waals surface area contributed by atoms with Gasteiger partial charge in [0.25, 0.3) is 0 Å². The monoisotopic (exact) mass is 886 g/mol. The van der Waals surface area contributed by atoms with Crippen LogP contribution in [0.25, 0.3) is 0 Å². The van der Waals surface area contributed by atoms with Crippen molar-refractivity contribution in [1.82, 2.24) is 0 Å². The van der Waals surface area contributed by atoms with Crippen molar-refractivity contribution in [2.45, 2.75) is 139 Å². The molecule has 60 heavy (non-hydrogen) atoms. The fraction of sp³-hybridized carbons (Fsp3) is 0.868. The minimum absolute atomic E-state index is 0.00542. The van der Waals surface area contributed by atoms with Crippen molar-refractivity contribution < 1.29 is 101 Å². The maximum Gasteiger partial charge on any atom is 0.468 e. The van der Waals surface area contributed by atoms with Crippen LogP contribution in [0.2, 0.25) is 0 Å². The highest BCUT2D eigenvalue weighted by Gasteiger charge is 2.72. The van der Waals surface area contributed by atoms with Gasteiger partial charge in [-0.3, -0.25) is 14.4 Å². The molecule has 1 N–H and O–H groups in total. The summed E-state index contributed by atoms with van der Waals surface area (Å²) in [5.74, 6) is -22.7. The van der Waals surface area contributed by atoms with Crippen LogP contribution < -0.4 is 0 Å². The normalized spacial score (nSPS) is 33.9. The Morgan fingerprint density at radius 3 is 1.33 bits per heavy atom. The van der Waals surface area contributed by atoms with Crippen LogP contribution in [0, 0.1) is 40.4 Å². The third-order valence-electron chi connectivity index (χ3n) is 12.7. The van der Waals surface area contributed by atoms with E-state index in [4.69, 9.17) is 0 Å². The lowest BCUT2D eigenvalue weighted by Gasteiger charge is -2.59. The second kappa shape index (κ2) is 16.1. The molecule has 6 atom stereocenters. The Morgan fingerprint density at radius 1 is 0.600 bits per heavy atom. The molecule has 8 bridgehead atoms. The molecule has 0 radical (unpaired) electrons. The van der Waals surface area contributed by atoms with E-state index in [9.17, 15) is 73.0 Å². The first-order valence-corrected chi connectivity index (χ1v) is 19.4. The number of methoxy groups -OCH3 is 2. The molecule has 0 aliphatic heterocycles. The lowest BCUT2D eigenvalue weighted by atomic mass is 9.48. The molecular formula is C38H48F10O12. The van der Waals surface area contributed by atoms with Crippen LogP contribution in [-0.2, 0) is 52.4 Å². The number of Topliss-reactive ketones (excluding diaryl/α,β-unsaturated/α-hetero) is 1. The van der Waals surface area contributed by atoms with Crippen molar-refractivity contribution >= 4 is 29.7 Å². The summed E-state index contributed by atoms with van der Waals surface area (Å²) >= 11 is 0. The van der Waals surface area contributed by atoms with Gasteiger partial charge in [0, 0.05) is 24.7 Å². The van der Waals surface area contributed by atoms with Gasteiger partial charge in [-0.2, -0.15) is 26.3 Å². The Balaban J connectivity index is 0.000000228. The van der Waals surface area contributed by atoms with Gasteiger partial charge in [-0.15, -0.1) is 0 Å². The maximum atomic E-state index is 13.9. The topological polar surface area (TPSA) is 161 Å². The standard InChI is InChI=1S/C19H25F5O6.C19H23F5O6/c1-15(20,21)3-4-29-18(14(26)28-2,19(22,23)24)30-13(25)16-6-11-5-12(7-16)9-17(27,8-11)10-16;1-16(20,21)3-4-29-18(15(27)28-2,19(22,23)24)30-14(26)17-7-10-5-11(8-17)13(25)12(6-10)9-17/h11-12,27H,3-10H2,1-2H3;10-12H,3-9H2,1-2H3. The van der Waals surface area contributed by atoms with Crippen LogP contribution >= 0.6 is 0 Å². The number of ether oxygens (including phenoxy) is 6. The Hall–Kier alpha value is -3.27. The van der Waals surface area contributed by atoms with Gasteiger partial charge >= 0.3 is 47.8 Å². The number of esters is 4. The highest BCUT2D eigenvalue weighted by Crippen LogP contribution is 2.63. The zero-order valence-electron chi connectivity index (χ0n) is 33.2. The van der Waals surface area contributed by atoms with Gasteiger partial charge in [0.15, 0.2) is 0 Å². The molecular weight excluding hydrogens is 838 g/mol. The molecule has 12 nitrogen and oxygen atoms in total. The number of rotatable bonds is 14. The molecule has 8 aliphatic carbocycles.